The molecule has 7 heteroatoms. The summed E-state index contributed by atoms with van der Waals surface area (Å²) in [7, 11) is 1.51. The fourth-order valence-corrected chi connectivity index (χ4v) is 3.55. The van der Waals surface area contributed by atoms with Crippen LogP contribution >= 0.6 is 0 Å². The molecule has 3 amide bonds. The normalized spacial score (nSPS) is 20.9. The molecule has 0 aliphatic carbocycles. The van der Waals surface area contributed by atoms with Crippen LogP contribution in [0.2, 0.25) is 0 Å². The number of para-hydroxylation sites is 1. The minimum atomic E-state index is -1.18. The van der Waals surface area contributed by atoms with Crippen LogP contribution in [0.25, 0.3) is 0 Å². The smallest absolute Gasteiger partial charge is 0.325 e. The highest BCUT2D eigenvalue weighted by Crippen LogP contribution is 2.40. The third-order valence-electron chi connectivity index (χ3n) is 4.95. The van der Waals surface area contributed by atoms with Gasteiger partial charge in [-0.15, -0.1) is 0 Å². The molecule has 1 saturated heterocycles. The zero-order valence-corrected chi connectivity index (χ0v) is 14.7. The van der Waals surface area contributed by atoms with Gasteiger partial charge >= 0.3 is 6.03 Å². The Morgan fingerprint density at radius 2 is 2.04 bits per heavy atom. The summed E-state index contributed by atoms with van der Waals surface area (Å²) in [6.45, 7) is -0.0245. The first kappa shape index (κ1) is 17.1. The molecule has 1 atom stereocenters. The molecule has 0 radical (unpaired) electrons. The molecule has 2 heterocycles. The number of hydrogen-bond donors (Lipinski definition) is 1. The molecule has 1 spiro atoms. The zero-order valence-electron chi connectivity index (χ0n) is 14.7. The standard InChI is InChI=1S/C20H18N2O5/c1-26-14-6-4-5-13(11-14)16(23)12-22-18(24)20(21-19(22)25)9-10-27-17-8-3-2-7-15(17)20/h2-8,11H,9-10,12H2,1H3,(H,21,25)/t20-/m0/s1. The molecule has 1 fully saturated rings. The van der Waals surface area contributed by atoms with Crippen molar-refractivity contribution in [1.82, 2.24) is 10.2 Å². The molecule has 0 saturated carbocycles. The molecule has 138 valence electrons. The van der Waals surface area contributed by atoms with E-state index in [2.05, 4.69) is 5.32 Å². The number of hydrogen-bond acceptors (Lipinski definition) is 5. The molecule has 1 N–H and O–H groups in total. The molecule has 0 unspecified atom stereocenters. The van der Waals surface area contributed by atoms with E-state index in [9.17, 15) is 14.4 Å². The number of urea groups is 1. The molecule has 7 nitrogen and oxygen atoms in total. The van der Waals surface area contributed by atoms with Crippen molar-refractivity contribution in [2.24, 2.45) is 0 Å². The van der Waals surface area contributed by atoms with Gasteiger partial charge in [-0.2, -0.15) is 0 Å². The summed E-state index contributed by atoms with van der Waals surface area (Å²) in [6, 6.07) is 13.2. The van der Waals surface area contributed by atoms with Crippen LogP contribution < -0.4 is 14.8 Å². The van der Waals surface area contributed by atoms with Gasteiger partial charge < -0.3 is 14.8 Å². The number of ether oxygens (including phenoxy) is 2. The van der Waals surface area contributed by atoms with Crippen molar-refractivity contribution in [1.29, 1.82) is 0 Å². The second kappa shape index (κ2) is 6.42. The van der Waals surface area contributed by atoms with Gasteiger partial charge in [0.15, 0.2) is 11.3 Å². The minimum Gasteiger partial charge on any atom is -0.497 e. The Labute approximate surface area is 155 Å². The topological polar surface area (TPSA) is 84.9 Å². The maximum Gasteiger partial charge on any atom is 0.325 e. The van der Waals surface area contributed by atoms with E-state index in [1.165, 1.54) is 7.11 Å². The van der Waals surface area contributed by atoms with E-state index in [4.69, 9.17) is 9.47 Å². The van der Waals surface area contributed by atoms with Gasteiger partial charge in [-0.1, -0.05) is 30.3 Å². The van der Waals surface area contributed by atoms with Crippen LogP contribution in [-0.2, 0) is 10.3 Å². The number of amides is 3. The molecule has 2 aromatic rings. The van der Waals surface area contributed by atoms with Crippen LogP contribution in [0.3, 0.4) is 0 Å². The van der Waals surface area contributed by atoms with Gasteiger partial charge in [-0.25, -0.2) is 4.79 Å². The summed E-state index contributed by atoms with van der Waals surface area (Å²) < 4.78 is 10.7. The first-order valence-electron chi connectivity index (χ1n) is 8.59. The molecular formula is C20H18N2O5. The van der Waals surface area contributed by atoms with Crippen molar-refractivity contribution < 1.29 is 23.9 Å². The largest absolute Gasteiger partial charge is 0.497 e. The Hall–Kier alpha value is -3.35. The Balaban J connectivity index is 1.62. The maximum atomic E-state index is 13.2. The van der Waals surface area contributed by atoms with Crippen LogP contribution in [0.4, 0.5) is 4.79 Å². The Morgan fingerprint density at radius 1 is 1.22 bits per heavy atom. The van der Waals surface area contributed by atoms with Crippen molar-refractivity contribution >= 4 is 17.7 Å². The Morgan fingerprint density at radius 3 is 2.85 bits per heavy atom. The van der Waals surface area contributed by atoms with E-state index >= 15 is 0 Å². The summed E-state index contributed by atoms with van der Waals surface area (Å²) in [5.41, 5.74) is -0.185. The SMILES string of the molecule is COc1cccc(C(=O)CN2C(=O)N[C@]3(CCOc4ccccc43)C2=O)c1. The quantitative estimate of drug-likeness (QED) is 0.662. The third-order valence-corrected chi connectivity index (χ3v) is 4.95. The van der Waals surface area contributed by atoms with Gasteiger partial charge in [0, 0.05) is 17.5 Å². The van der Waals surface area contributed by atoms with E-state index < -0.39 is 17.5 Å². The molecule has 0 aromatic heterocycles. The Bertz CT molecular complexity index is 941. The van der Waals surface area contributed by atoms with Gasteiger partial charge in [0.1, 0.15) is 11.5 Å². The van der Waals surface area contributed by atoms with Crippen molar-refractivity contribution in [3.63, 3.8) is 0 Å². The number of rotatable bonds is 4. The molecule has 4 rings (SSSR count). The number of methoxy groups -OCH3 is 1. The first-order chi connectivity index (χ1) is 13.0. The van der Waals surface area contributed by atoms with Crippen molar-refractivity contribution in [2.45, 2.75) is 12.0 Å². The molecule has 0 bridgehead atoms. The molecule has 27 heavy (non-hydrogen) atoms. The van der Waals surface area contributed by atoms with Crippen molar-refractivity contribution in [2.75, 3.05) is 20.3 Å². The number of nitrogens with one attached hydrogen (secondary N) is 1. The molecule has 2 aliphatic heterocycles. The van der Waals surface area contributed by atoms with Crippen LogP contribution in [0.15, 0.2) is 48.5 Å². The van der Waals surface area contributed by atoms with E-state index in [0.29, 0.717) is 35.7 Å². The van der Waals surface area contributed by atoms with Gasteiger partial charge in [-0.3, -0.25) is 14.5 Å². The number of carbonyl (C=O) groups is 3. The number of Topliss-reactive ketones (excluding diaryl/α,β-unsaturated/α-hetero) is 1. The third kappa shape index (κ3) is 2.71. The fraction of sp³-hybridized carbons (Fsp3) is 0.250. The summed E-state index contributed by atoms with van der Waals surface area (Å²) in [5.74, 6) is 0.334. The van der Waals surface area contributed by atoms with E-state index in [1.54, 1.807) is 42.5 Å². The zero-order chi connectivity index (χ0) is 19.0. The molecular weight excluding hydrogens is 348 g/mol. The van der Waals surface area contributed by atoms with Gasteiger partial charge in [0.2, 0.25) is 0 Å². The summed E-state index contributed by atoms with van der Waals surface area (Å²) in [5, 5.41) is 2.79. The fourth-order valence-electron chi connectivity index (χ4n) is 3.55. The Kier molecular flexibility index (Phi) is 4.07. The predicted molar refractivity (Wildman–Crippen MR) is 95.8 cm³/mol. The van der Waals surface area contributed by atoms with Crippen LogP contribution in [0.1, 0.15) is 22.3 Å². The average molecular weight is 366 g/mol. The lowest BCUT2D eigenvalue weighted by Gasteiger charge is -2.33. The predicted octanol–water partition coefficient (Wildman–Crippen LogP) is 2.11. The van der Waals surface area contributed by atoms with Gasteiger partial charge in [0.05, 0.1) is 20.3 Å². The van der Waals surface area contributed by atoms with E-state index in [-0.39, 0.29) is 12.3 Å². The summed E-state index contributed by atoms with van der Waals surface area (Å²) >= 11 is 0. The highest BCUT2D eigenvalue weighted by molar-refractivity contribution is 6.11. The average Bonchev–Trinajstić information content (AvgIpc) is 2.93. The number of ketones is 1. The summed E-state index contributed by atoms with van der Waals surface area (Å²) in [6.07, 6.45) is 0.318. The molecule has 2 aliphatic rings. The highest BCUT2D eigenvalue weighted by Gasteiger charge is 2.55. The lowest BCUT2D eigenvalue weighted by Crippen LogP contribution is -2.47. The number of benzene rings is 2. The highest BCUT2D eigenvalue weighted by atomic mass is 16.5. The van der Waals surface area contributed by atoms with Gasteiger partial charge in [-0.05, 0) is 18.2 Å². The van der Waals surface area contributed by atoms with Crippen LogP contribution in [0.5, 0.6) is 11.5 Å². The molecule has 2 aromatic carbocycles. The second-order valence-corrected chi connectivity index (χ2v) is 6.48. The lowest BCUT2D eigenvalue weighted by atomic mass is 9.84. The van der Waals surface area contributed by atoms with Crippen LogP contribution in [0, 0.1) is 0 Å². The van der Waals surface area contributed by atoms with E-state index in [0.717, 1.165) is 4.90 Å². The monoisotopic (exact) mass is 366 g/mol. The van der Waals surface area contributed by atoms with Crippen molar-refractivity contribution in [3.05, 3.63) is 59.7 Å². The second-order valence-electron chi connectivity index (χ2n) is 6.48. The maximum absolute atomic E-state index is 13.2. The number of fused-ring (bicyclic) bond motifs is 2. The van der Waals surface area contributed by atoms with E-state index in [1.807, 2.05) is 6.07 Å². The van der Waals surface area contributed by atoms with Crippen molar-refractivity contribution in [3.8, 4) is 11.5 Å². The number of carbonyl (C=O) groups excluding carboxylic acids is 3. The lowest BCUT2D eigenvalue weighted by molar-refractivity contribution is -0.132. The van der Waals surface area contributed by atoms with Gasteiger partial charge in [0.25, 0.3) is 5.91 Å². The minimum absolute atomic E-state index is 0.306. The number of imide groups is 1. The van der Waals surface area contributed by atoms with Crippen LogP contribution in [-0.4, -0.2) is 42.9 Å². The first-order valence-corrected chi connectivity index (χ1v) is 8.59. The number of nitrogens with zero attached hydrogens (tertiary/aromatic N) is 1. The summed E-state index contributed by atoms with van der Waals surface area (Å²) in [4.78, 5) is 39.3.